The van der Waals surface area contributed by atoms with Gasteiger partial charge in [-0.3, -0.25) is 9.58 Å². The number of rotatable bonds is 6. The second kappa shape index (κ2) is 6.62. The summed E-state index contributed by atoms with van der Waals surface area (Å²) in [6, 6.07) is 0. The van der Waals surface area contributed by atoms with Gasteiger partial charge in [-0.05, 0) is 26.4 Å². The van der Waals surface area contributed by atoms with E-state index in [0.29, 0.717) is 0 Å². The Morgan fingerprint density at radius 3 is 2.62 bits per heavy atom. The number of hydrogen-bond acceptors (Lipinski definition) is 2. The summed E-state index contributed by atoms with van der Waals surface area (Å²) in [5.74, 6) is 0. The molecule has 0 spiro atoms. The molecule has 1 heterocycles. The first-order chi connectivity index (χ1) is 7.60. The van der Waals surface area contributed by atoms with E-state index in [-0.39, 0.29) is 0 Å². The molecule has 16 heavy (non-hydrogen) atoms. The van der Waals surface area contributed by atoms with E-state index in [9.17, 15) is 0 Å². The van der Waals surface area contributed by atoms with Crippen molar-refractivity contribution in [3.8, 4) is 0 Å². The van der Waals surface area contributed by atoms with Gasteiger partial charge in [0.15, 0.2) is 0 Å². The lowest BCUT2D eigenvalue weighted by molar-refractivity contribution is 0.274. The van der Waals surface area contributed by atoms with Crippen molar-refractivity contribution in [2.75, 3.05) is 18.4 Å². The maximum absolute atomic E-state index is 6.23. The fraction of sp³-hybridized carbons (Fsp3) is 0.727. The van der Waals surface area contributed by atoms with Crippen LogP contribution in [0.2, 0.25) is 5.02 Å². The summed E-state index contributed by atoms with van der Waals surface area (Å²) >= 11 is 9.69. The third kappa shape index (κ3) is 3.47. The summed E-state index contributed by atoms with van der Waals surface area (Å²) in [7, 11) is 1.95. The van der Waals surface area contributed by atoms with Crippen LogP contribution in [-0.4, -0.2) is 33.1 Å². The largest absolute Gasteiger partial charge is 0.298 e. The molecule has 3 nitrogen and oxygen atoms in total. The average Bonchev–Trinajstić information content (AvgIpc) is 2.50. The van der Waals surface area contributed by atoms with Crippen LogP contribution in [0.15, 0.2) is 0 Å². The quantitative estimate of drug-likeness (QED) is 0.753. The molecule has 0 amide bonds. The van der Waals surface area contributed by atoms with Gasteiger partial charge in [0.05, 0.1) is 16.4 Å². The van der Waals surface area contributed by atoms with Crippen molar-refractivity contribution >= 4 is 27.5 Å². The standard InChI is InChI=1S/C11H19BrClN3/c1-4-16(7-5-6-12)8-10-11(13)9(2)14-15(10)3/h4-8H2,1-3H3. The first-order valence-electron chi connectivity index (χ1n) is 5.56. The Kier molecular flexibility index (Phi) is 5.79. The summed E-state index contributed by atoms with van der Waals surface area (Å²) in [5, 5.41) is 6.18. The molecular formula is C11H19BrClN3. The molecule has 0 radical (unpaired) electrons. The highest BCUT2D eigenvalue weighted by Crippen LogP contribution is 2.20. The highest BCUT2D eigenvalue weighted by Gasteiger charge is 2.13. The lowest BCUT2D eigenvalue weighted by atomic mass is 10.3. The van der Waals surface area contributed by atoms with E-state index in [0.717, 1.165) is 47.8 Å². The van der Waals surface area contributed by atoms with Crippen molar-refractivity contribution in [2.24, 2.45) is 7.05 Å². The zero-order valence-corrected chi connectivity index (χ0v) is 12.5. The van der Waals surface area contributed by atoms with Gasteiger partial charge in [0.2, 0.25) is 0 Å². The highest BCUT2D eigenvalue weighted by molar-refractivity contribution is 9.09. The van der Waals surface area contributed by atoms with Crippen molar-refractivity contribution < 1.29 is 0 Å². The molecule has 0 atom stereocenters. The molecule has 0 saturated carbocycles. The van der Waals surface area contributed by atoms with E-state index < -0.39 is 0 Å². The van der Waals surface area contributed by atoms with Crippen LogP contribution in [0, 0.1) is 6.92 Å². The lowest BCUT2D eigenvalue weighted by Crippen LogP contribution is -2.25. The topological polar surface area (TPSA) is 21.1 Å². The third-order valence-electron chi connectivity index (χ3n) is 2.69. The molecule has 92 valence electrons. The number of nitrogens with zero attached hydrogens (tertiary/aromatic N) is 3. The first kappa shape index (κ1) is 14.0. The van der Waals surface area contributed by atoms with E-state index in [1.807, 2.05) is 18.7 Å². The number of aromatic nitrogens is 2. The summed E-state index contributed by atoms with van der Waals surface area (Å²) in [4.78, 5) is 2.38. The van der Waals surface area contributed by atoms with Crippen LogP contribution < -0.4 is 0 Å². The third-order valence-corrected chi connectivity index (χ3v) is 3.74. The fourth-order valence-corrected chi connectivity index (χ4v) is 2.17. The lowest BCUT2D eigenvalue weighted by Gasteiger charge is -2.20. The SMILES string of the molecule is CCN(CCCBr)Cc1c(Cl)c(C)nn1C. The minimum Gasteiger partial charge on any atom is -0.298 e. The first-order valence-corrected chi connectivity index (χ1v) is 7.06. The Morgan fingerprint density at radius 2 is 2.19 bits per heavy atom. The van der Waals surface area contributed by atoms with E-state index >= 15 is 0 Å². The maximum Gasteiger partial charge on any atom is 0.0860 e. The van der Waals surface area contributed by atoms with E-state index in [1.165, 1.54) is 0 Å². The molecule has 1 aromatic heterocycles. The number of alkyl halides is 1. The summed E-state index contributed by atoms with van der Waals surface area (Å²) in [6.07, 6.45) is 1.16. The van der Waals surface area contributed by atoms with Crippen LogP contribution in [0.3, 0.4) is 0 Å². The molecule has 0 aliphatic carbocycles. The van der Waals surface area contributed by atoms with Crippen LogP contribution in [-0.2, 0) is 13.6 Å². The van der Waals surface area contributed by atoms with Crippen LogP contribution in [0.4, 0.5) is 0 Å². The highest BCUT2D eigenvalue weighted by atomic mass is 79.9. The molecular weight excluding hydrogens is 289 g/mol. The Morgan fingerprint density at radius 1 is 1.50 bits per heavy atom. The van der Waals surface area contributed by atoms with Crippen LogP contribution in [0.5, 0.6) is 0 Å². The van der Waals surface area contributed by atoms with Crippen LogP contribution in [0.1, 0.15) is 24.7 Å². The molecule has 0 aliphatic rings. The maximum atomic E-state index is 6.23. The van der Waals surface area contributed by atoms with E-state index in [1.54, 1.807) is 0 Å². The minimum absolute atomic E-state index is 0.805. The fourth-order valence-electron chi connectivity index (χ4n) is 1.70. The summed E-state index contributed by atoms with van der Waals surface area (Å²) in [6.45, 7) is 7.11. The van der Waals surface area contributed by atoms with Gasteiger partial charge in [0.1, 0.15) is 0 Å². The molecule has 1 rings (SSSR count). The summed E-state index contributed by atoms with van der Waals surface area (Å²) < 4.78 is 1.88. The monoisotopic (exact) mass is 307 g/mol. The van der Waals surface area contributed by atoms with Gasteiger partial charge in [-0.25, -0.2) is 0 Å². The predicted molar refractivity (Wildman–Crippen MR) is 72.3 cm³/mol. The molecule has 0 unspecified atom stereocenters. The van der Waals surface area contributed by atoms with Gasteiger partial charge in [0.25, 0.3) is 0 Å². The Labute approximate surface area is 111 Å². The van der Waals surface area contributed by atoms with Gasteiger partial charge < -0.3 is 0 Å². The van der Waals surface area contributed by atoms with Crippen molar-refractivity contribution in [2.45, 2.75) is 26.8 Å². The molecule has 0 fully saturated rings. The number of aryl methyl sites for hydroxylation is 2. The average molecular weight is 309 g/mol. The van der Waals surface area contributed by atoms with Gasteiger partial charge in [-0.2, -0.15) is 5.10 Å². The van der Waals surface area contributed by atoms with Crippen molar-refractivity contribution in [1.29, 1.82) is 0 Å². The molecule has 5 heteroatoms. The molecule has 0 bridgehead atoms. The van der Waals surface area contributed by atoms with Crippen molar-refractivity contribution in [3.63, 3.8) is 0 Å². The smallest absolute Gasteiger partial charge is 0.0860 e. The zero-order chi connectivity index (χ0) is 12.1. The normalized spacial score (nSPS) is 11.4. The summed E-state index contributed by atoms with van der Waals surface area (Å²) in [5.41, 5.74) is 2.02. The van der Waals surface area contributed by atoms with Crippen LogP contribution >= 0.6 is 27.5 Å². The van der Waals surface area contributed by atoms with Gasteiger partial charge in [-0.1, -0.05) is 34.5 Å². The van der Waals surface area contributed by atoms with Crippen molar-refractivity contribution in [1.82, 2.24) is 14.7 Å². The molecule has 0 N–H and O–H groups in total. The van der Waals surface area contributed by atoms with Gasteiger partial charge in [0, 0.05) is 18.9 Å². The van der Waals surface area contributed by atoms with E-state index in [2.05, 4.69) is 32.9 Å². The van der Waals surface area contributed by atoms with Gasteiger partial charge in [-0.15, -0.1) is 0 Å². The van der Waals surface area contributed by atoms with Crippen molar-refractivity contribution in [3.05, 3.63) is 16.4 Å². The van der Waals surface area contributed by atoms with Crippen LogP contribution in [0.25, 0.3) is 0 Å². The molecule has 0 aromatic carbocycles. The second-order valence-corrected chi connectivity index (χ2v) is 5.05. The minimum atomic E-state index is 0.805. The molecule has 0 saturated heterocycles. The van der Waals surface area contributed by atoms with Gasteiger partial charge >= 0.3 is 0 Å². The number of halogens is 2. The van der Waals surface area contributed by atoms with E-state index in [4.69, 9.17) is 11.6 Å². The Balaban J connectivity index is 2.69. The second-order valence-electron chi connectivity index (χ2n) is 3.88. The number of hydrogen-bond donors (Lipinski definition) is 0. The Hall–Kier alpha value is -0.0600. The zero-order valence-electron chi connectivity index (χ0n) is 10.1. The molecule has 1 aromatic rings. The molecule has 0 aliphatic heterocycles. The predicted octanol–water partition coefficient (Wildman–Crippen LogP) is 2.99. The Bertz CT molecular complexity index is 338.